The van der Waals surface area contributed by atoms with E-state index in [1.807, 2.05) is 0 Å². The van der Waals surface area contributed by atoms with Gasteiger partial charge in [0.2, 0.25) is 0 Å². The van der Waals surface area contributed by atoms with Crippen molar-refractivity contribution in [2.75, 3.05) is 12.9 Å². The molecule has 1 aromatic rings. The van der Waals surface area contributed by atoms with Crippen LogP contribution in [0.5, 0.6) is 5.75 Å². The van der Waals surface area contributed by atoms with Crippen molar-refractivity contribution in [3.63, 3.8) is 0 Å². The van der Waals surface area contributed by atoms with Gasteiger partial charge in [0.1, 0.15) is 5.75 Å². The lowest BCUT2D eigenvalue weighted by molar-refractivity contribution is 0.414. The molecule has 5 heteroatoms. The molecule has 0 aromatic heterocycles. The molecule has 0 saturated heterocycles. The van der Waals surface area contributed by atoms with E-state index in [2.05, 4.69) is 0 Å². The van der Waals surface area contributed by atoms with Crippen molar-refractivity contribution in [3.05, 3.63) is 29.8 Å². The zero-order valence-electron chi connectivity index (χ0n) is 8.60. The molecule has 1 unspecified atom stereocenters. The number of methoxy groups -OCH3 is 1. The maximum absolute atomic E-state index is 12.4. The van der Waals surface area contributed by atoms with Crippen molar-refractivity contribution in [1.82, 2.24) is 0 Å². The van der Waals surface area contributed by atoms with Gasteiger partial charge in [-0.05, 0) is 23.6 Å². The fraction of sp³-hybridized carbons (Fsp3) is 0.400. The van der Waals surface area contributed by atoms with E-state index in [9.17, 15) is 12.3 Å². The molecule has 3 nitrogen and oxygen atoms in total. The molecule has 1 atom stereocenters. The van der Waals surface area contributed by atoms with Gasteiger partial charge in [-0.15, -0.1) is 3.89 Å². The van der Waals surface area contributed by atoms with Crippen molar-refractivity contribution in [2.24, 2.45) is 0 Å². The Hall–Kier alpha value is -1.10. The predicted octanol–water partition coefficient (Wildman–Crippen LogP) is 2.10. The second-order valence-electron chi connectivity index (χ2n) is 3.38. The SMILES string of the molecule is COc1cccc(C(C)CS(=O)(=O)F)c1. The summed E-state index contributed by atoms with van der Waals surface area (Å²) in [5.41, 5.74) is 0.746. The highest BCUT2D eigenvalue weighted by molar-refractivity contribution is 7.86. The fourth-order valence-electron chi connectivity index (χ4n) is 1.34. The van der Waals surface area contributed by atoms with Crippen LogP contribution in [0.25, 0.3) is 0 Å². The highest BCUT2D eigenvalue weighted by Crippen LogP contribution is 2.22. The Kier molecular flexibility index (Phi) is 3.68. The van der Waals surface area contributed by atoms with Gasteiger partial charge in [-0.25, -0.2) is 0 Å². The number of hydrogen-bond donors (Lipinski definition) is 0. The van der Waals surface area contributed by atoms with Crippen LogP contribution in [0.3, 0.4) is 0 Å². The van der Waals surface area contributed by atoms with Crippen LogP contribution in [0, 0.1) is 0 Å². The van der Waals surface area contributed by atoms with Gasteiger partial charge in [0, 0.05) is 0 Å². The molecule has 1 rings (SSSR count). The van der Waals surface area contributed by atoms with Crippen LogP contribution >= 0.6 is 0 Å². The summed E-state index contributed by atoms with van der Waals surface area (Å²) in [6.45, 7) is 1.66. The zero-order valence-corrected chi connectivity index (χ0v) is 9.42. The zero-order chi connectivity index (χ0) is 11.5. The van der Waals surface area contributed by atoms with Crippen LogP contribution in [0.4, 0.5) is 3.89 Å². The first-order valence-electron chi connectivity index (χ1n) is 4.48. The quantitative estimate of drug-likeness (QED) is 0.747. The lowest BCUT2D eigenvalue weighted by atomic mass is 10.0. The number of rotatable bonds is 4. The summed E-state index contributed by atoms with van der Waals surface area (Å²) in [5.74, 6) is -0.245. The standard InChI is InChI=1S/C10H13FO3S/c1-8(7-15(11,12)13)9-4-3-5-10(6-9)14-2/h3-6,8H,7H2,1-2H3. The second-order valence-corrected chi connectivity index (χ2v) is 4.79. The molecule has 0 fully saturated rings. The smallest absolute Gasteiger partial charge is 0.303 e. The summed E-state index contributed by atoms with van der Waals surface area (Å²) in [5, 5.41) is 0. The Morgan fingerprint density at radius 3 is 2.67 bits per heavy atom. The Labute approximate surface area is 89.1 Å². The lowest BCUT2D eigenvalue weighted by Gasteiger charge is -2.10. The number of hydrogen-bond acceptors (Lipinski definition) is 3. The van der Waals surface area contributed by atoms with Gasteiger partial charge in [0.15, 0.2) is 0 Å². The van der Waals surface area contributed by atoms with Crippen molar-refractivity contribution in [3.8, 4) is 5.75 Å². The molecule has 15 heavy (non-hydrogen) atoms. The van der Waals surface area contributed by atoms with E-state index in [1.165, 1.54) is 7.11 Å². The van der Waals surface area contributed by atoms with Crippen molar-refractivity contribution < 1.29 is 17.0 Å². The van der Waals surface area contributed by atoms with E-state index in [-0.39, 0.29) is 5.92 Å². The third-order valence-corrected chi connectivity index (χ3v) is 3.01. The molecular formula is C10H13FO3S. The van der Waals surface area contributed by atoms with Gasteiger partial charge in [-0.2, -0.15) is 8.42 Å². The molecule has 0 spiro atoms. The molecule has 0 amide bonds. The summed E-state index contributed by atoms with van der Waals surface area (Å²) in [7, 11) is -2.91. The van der Waals surface area contributed by atoms with E-state index in [0.717, 1.165) is 5.56 Å². The van der Waals surface area contributed by atoms with Gasteiger partial charge in [-0.1, -0.05) is 19.1 Å². The first kappa shape index (κ1) is 12.0. The maximum atomic E-state index is 12.4. The van der Waals surface area contributed by atoms with Gasteiger partial charge in [-0.3, -0.25) is 0 Å². The second kappa shape index (κ2) is 4.61. The van der Waals surface area contributed by atoms with E-state index < -0.39 is 16.0 Å². The molecule has 84 valence electrons. The van der Waals surface area contributed by atoms with Gasteiger partial charge < -0.3 is 4.74 Å². The molecule has 0 saturated carbocycles. The lowest BCUT2D eigenvalue weighted by Crippen LogP contribution is -2.07. The Balaban J connectivity index is 2.86. The highest BCUT2D eigenvalue weighted by atomic mass is 32.3. The average molecular weight is 232 g/mol. The molecule has 0 aliphatic carbocycles. The highest BCUT2D eigenvalue weighted by Gasteiger charge is 2.15. The number of benzene rings is 1. The summed E-state index contributed by atoms with van der Waals surface area (Å²) in [6.07, 6.45) is 0. The molecule has 0 heterocycles. The monoisotopic (exact) mass is 232 g/mol. The molecule has 0 N–H and O–H groups in total. The topological polar surface area (TPSA) is 43.4 Å². The third kappa shape index (κ3) is 3.87. The minimum Gasteiger partial charge on any atom is -0.497 e. The summed E-state index contributed by atoms with van der Waals surface area (Å²) >= 11 is 0. The van der Waals surface area contributed by atoms with E-state index in [0.29, 0.717) is 5.75 Å². The van der Waals surface area contributed by atoms with Crippen molar-refractivity contribution in [1.29, 1.82) is 0 Å². The van der Waals surface area contributed by atoms with E-state index >= 15 is 0 Å². The summed E-state index contributed by atoms with van der Waals surface area (Å²) in [4.78, 5) is 0. The van der Waals surface area contributed by atoms with Crippen LogP contribution in [0.1, 0.15) is 18.4 Å². The van der Waals surface area contributed by atoms with Crippen LogP contribution in [0.15, 0.2) is 24.3 Å². The van der Waals surface area contributed by atoms with Crippen molar-refractivity contribution in [2.45, 2.75) is 12.8 Å². The van der Waals surface area contributed by atoms with Crippen molar-refractivity contribution >= 4 is 10.2 Å². The average Bonchev–Trinajstić information content (AvgIpc) is 2.15. The molecule has 0 radical (unpaired) electrons. The molecular weight excluding hydrogens is 219 g/mol. The van der Waals surface area contributed by atoms with Gasteiger partial charge in [0.05, 0.1) is 12.9 Å². The minimum absolute atomic E-state index is 0.380. The fourth-order valence-corrected chi connectivity index (χ4v) is 2.13. The van der Waals surface area contributed by atoms with E-state index in [4.69, 9.17) is 4.74 Å². The van der Waals surface area contributed by atoms with E-state index in [1.54, 1.807) is 31.2 Å². The number of halogens is 1. The molecule has 0 aliphatic heterocycles. The molecule has 0 bridgehead atoms. The first-order valence-corrected chi connectivity index (χ1v) is 6.04. The normalized spacial score (nSPS) is 13.5. The van der Waals surface area contributed by atoms with Crippen LogP contribution < -0.4 is 4.74 Å². The maximum Gasteiger partial charge on any atom is 0.303 e. The predicted molar refractivity (Wildman–Crippen MR) is 56.3 cm³/mol. The van der Waals surface area contributed by atoms with Crippen LogP contribution in [0.2, 0.25) is 0 Å². The van der Waals surface area contributed by atoms with Gasteiger partial charge in [0.25, 0.3) is 0 Å². The largest absolute Gasteiger partial charge is 0.497 e. The summed E-state index contributed by atoms with van der Waals surface area (Å²) < 4.78 is 38.4. The molecule has 0 aliphatic rings. The first-order chi connectivity index (χ1) is 6.92. The van der Waals surface area contributed by atoms with Crippen LogP contribution in [-0.4, -0.2) is 21.3 Å². The van der Waals surface area contributed by atoms with Crippen LogP contribution in [-0.2, 0) is 10.2 Å². The molecule has 1 aromatic carbocycles. The Bertz CT molecular complexity index is 428. The number of ether oxygens (including phenoxy) is 1. The third-order valence-electron chi connectivity index (χ3n) is 2.11. The Morgan fingerprint density at radius 2 is 2.13 bits per heavy atom. The Morgan fingerprint density at radius 1 is 1.47 bits per heavy atom. The summed E-state index contributed by atoms with van der Waals surface area (Å²) in [6, 6.07) is 6.95. The van der Waals surface area contributed by atoms with Gasteiger partial charge >= 0.3 is 10.2 Å². The minimum atomic E-state index is -4.43.